The fourth-order valence-corrected chi connectivity index (χ4v) is 3.46. The van der Waals surface area contributed by atoms with Crippen LogP contribution in [0, 0.1) is 34.5 Å². The minimum absolute atomic E-state index is 0.455. The van der Waals surface area contributed by atoms with Crippen molar-refractivity contribution in [3.05, 3.63) is 29.3 Å². The highest BCUT2D eigenvalue weighted by Crippen LogP contribution is 2.45. The van der Waals surface area contributed by atoms with Crippen LogP contribution in [-0.4, -0.2) is 6.04 Å². The maximum atomic E-state index is 9.01. The predicted octanol–water partition coefficient (Wildman–Crippen LogP) is 3.03. The maximum absolute atomic E-state index is 9.01. The Bertz CT molecular complexity index is 550. The zero-order chi connectivity index (χ0) is 12.5. The number of hydrogen-bond donors (Lipinski definition) is 1. The van der Waals surface area contributed by atoms with Crippen LogP contribution in [0.3, 0.4) is 0 Å². The number of nitrogens with zero attached hydrogens (tertiary/aromatic N) is 2. The predicted molar refractivity (Wildman–Crippen MR) is 68.7 cm³/mol. The van der Waals surface area contributed by atoms with Crippen LogP contribution in [0.15, 0.2) is 18.2 Å². The molecule has 1 N–H and O–H groups in total. The first kappa shape index (κ1) is 11.1. The molecule has 0 radical (unpaired) electrons. The van der Waals surface area contributed by atoms with Crippen molar-refractivity contribution < 1.29 is 0 Å². The first-order valence-corrected chi connectivity index (χ1v) is 6.51. The Hall–Kier alpha value is -2.00. The molecule has 3 unspecified atom stereocenters. The Morgan fingerprint density at radius 3 is 2.50 bits per heavy atom. The van der Waals surface area contributed by atoms with Gasteiger partial charge in [0, 0.05) is 11.7 Å². The third-order valence-electron chi connectivity index (χ3n) is 4.35. The van der Waals surface area contributed by atoms with Crippen molar-refractivity contribution in [2.45, 2.75) is 31.7 Å². The van der Waals surface area contributed by atoms with Crippen molar-refractivity contribution in [1.29, 1.82) is 10.5 Å². The summed E-state index contributed by atoms with van der Waals surface area (Å²) in [5.41, 5.74) is 1.89. The van der Waals surface area contributed by atoms with E-state index in [9.17, 15) is 0 Å². The van der Waals surface area contributed by atoms with Gasteiger partial charge in [0.05, 0.1) is 11.1 Å². The summed E-state index contributed by atoms with van der Waals surface area (Å²) in [5.74, 6) is 1.71. The van der Waals surface area contributed by atoms with E-state index < -0.39 is 0 Å². The van der Waals surface area contributed by atoms with Crippen molar-refractivity contribution in [3.63, 3.8) is 0 Å². The van der Waals surface area contributed by atoms with Gasteiger partial charge in [0.1, 0.15) is 12.1 Å². The van der Waals surface area contributed by atoms with E-state index in [1.165, 1.54) is 25.7 Å². The van der Waals surface area contributed by atoms with E-state index in [1.807, 2.05) is 12.1 Å². The van der Waals surface area contributed by atoms with Gasteiger partial charge in [-0.25, -0.2) is 0 Å². The average Bonchev–Trinajstić information content (AvgIpc) is 3.01. The molecule has 0 amide bonds. The van der Waals surface area contributed by atoms with Gasteiger partial charge in [-0.3, -0.25) is 0 Å². The molecule has 2 aliphatic rings. The summed E-state index contributed by atoms with van der Waals surface area (Å²) in [6.07, 6.45) is 5.34. The van der Waals surface area contributed by atoms with Gasteiger partial charge in [-0.1, -0.05) is 6.42 Å². The molecule has 18 heavy (non-hydrogen) atoms. The number of hydrogen-bond acceptors (Lipinski definition) is 3. The van der Waals surface area contributed by atoms with E-state index >= 15 is 0 Å². The summed E-state index contributed by atoms with van der Waals surface area (Å²) in [6, 6.07) is 10.1. The molecule has 0 saturated heterocycles. The standard InChI is InChI=1S/C15H15N3/c16-8-12-3-4-14(7-13(12)9-17)18-15-6-10-1-2-11(15)5-10/h3-4,7,10-11,15,18H,1-2,5-6H2. The topological polar surface area (TPSA) is 59.6 Å². The van der Waals surface area contributed by atoms with Crippen LogP contribution in [0.4, 0.5) is 5.69 Å². The van der Waals surface area contributed by atoms with Crippen LogP contribution in [0.25, 0.3) is 0 Å². The first-order valence-electron chi connectivity index (χ1n) is 6.51. The summed E-state index contributed by atoms with van der Waals surface area (Å²) in [7, 11) is 0. The SMILES string of the molecule is N#Cc1ccc(NC2CC3CCC2C3)cc1C#N. The number of rotatable bonds is 2. The normalized spacial score (nSPS) is 28.7. The fourth-order valence-electron chi connectivity index (χ4n) is 3.46. The highest BCUT2D eigenvalue weighted by Gasteiger charge is 2.39. The molecule has 2 saturated carbocycles. The van der Waals surface area contributed by atoms with Gasteiger partial charge < -0.3 is 5.32 Å². The zero-order valence-electron chi connectivity index (χ0n) is 10.2. The molecule has 3 heteroatoms. The molecule has 3 rings (SSSR count). The molecule has 2 fully saturated rings. The summed E-state index contributed by atoms with van der Waals surface area (Å²) >= 11 is 0. The molecule has 3 atom stereocenters. The Morgan fingerprint density at radius 1 is 1.06 bits per heavy atom. The molecule has 3 nitrogen and oxygen atoms in total. The molecular weight excluding hydrogens is 222 g/mol. The second-order valence-electron chi connectivity index (χ2n) is 5.41. The molecule has 2 aliphatic carbocycles. The minimum Gasteiger partial charge on any atom is -0.382 e. The molecule has 2 bridgehead atoms. The van der Waals surface area contributed by atoms with E-state index in [1.54, 1.807) is 12.1 Å². The average molecular weight is 237 g/mol. The van der Waals surface area contributed by atoms with Gasteiger partial charge in [-0.2, -0.15) is 10.5 Å². The van der Waals surface area contributed by atoms with Gasteiger partial charge >= 0.3 is 0 Å². The number of nitrogens with one attached hydrogen (secondary N) is 1. The van der Waals surface area contributed by atoms with Crippen LogP contribution < -0.4 is 5.32 Å². The summed E-state index contributed by atoms with van der Waals surface area (Å²) in [4.78, 5) is 0. The highest BCUT2D eigenvalue weighted by atomic mass is 14.9. The molecular formula is C15H15N3. The van der Waals surface area contributed by atoms with Crippen molar-refractivity contribution in [1.82, 2.24) is 0 Å². The lowest BCUT2D eigenvalue weighted by molar-refractivity contribution is 0.440. The van der Waals surface area contributed by atoms with Gasteiger partial charge in [0.15, 0.2) is 0 Å². The summed E-state index contributed by atoms with van der Waals surface area (Å²) in [5, 5.41) is 21.4. The molecule has 90 valence electrons. The third-order valence-corrected chi connectivity index (χ3v) is 4.35. The Morgan fingerprint density at radius 2 is 1.89 bits per heavy atom. The second kappa shape index (κ2) is 4.35. The lowest BCUT2D eigenvalue weighted by Gasteiger charge is -2.24. The highest BCUT2D eigenvalue weighted by molar-refractivity contribution is 5.56. The van der Waals surface area contributed by atoms with Crippen molar-refractivity contribution in [3.8, 4) is 12.1 Å². The van der Waals surface area contributed by atoms with Crippen LogP contribution in [0.1, 0.15) is 36.8 Å². The van der Waals surface area contributed by atoms with E-state index in [0.717, 1.165) is 17.5 Å². The largest absolute Gasteiger partial charge is 0.382 e. The fraction of sp³-hybridized carbons (Fsp3) is 0.467. The smallest absolute Gasteiger partial charge is 0.101 e. The van der Waals surface area contributed by atoms with Crippen LogP contribution in [0.5, 0.6) is 0 Å². The van der Waals surface area contributed by atoms with Gasteiger partial charge in [0.25, 0.3) is 0 Å². The lowest BCUT2D eigenvalue weighted by Crippen LogP contribution is -2.25. The van der Waals surface area contributed by atoms with Gasteiger partial charge in [-0.15, -0.1) is 0 Å². The summed E-state index contributed by atoms with van der Waals surface area (Å²) < 4.78 is 0. The quantitative estimate of drug-likeness (QED) is 0.860. The summed E-state index contributed by atoms with van der Waals surface area (Å²) in [6.45, 7) is 0. The minimum atomic E-state index is 0.455. The van der Waals surface area contributed by atoms with Crippen molar-refractivity contribution in [2.24, 2.45) is 11.8 Å². The van der Waals surface area contributed by atoms with E-state index in [-0.39, 0.29) is 0 Å². The molecule has 1 aromatic carbocycles. The van der Waals surface area contributed by atoms with Crippen molar-refractivity contribution >= 4 is 5.69 Å². The monoisotopic (exact) mass is 237 g/mol. The molecule has 1 aromatic rings. The van der Waals surface area contributed by atoms with Gasteiger partial charge in [-0.05, 0) is 49.3 Å². The first-order chi connectivity index (χ1) is 8.80. The lowest BCUT2D eigenvalue weighted by atomic mass is 9.95. The van der Waals surface area contributed by atoms with Crippen molar-refractivity contribution in [2.75, 3.05) is 5.32 Å². The van der Waals surface area contributed by atoms with Crippen LogP contribution >= 0.6 is 0 Å². The third kappa shape index (κ3) is 1.83. The Labute approximate surface area is 107 Å². The molecule has 0 heterocycles. The van der Waals surface area contributed by atoms with E-state index in [2.05, 4.69) is 11.4 Å². The van der Waals surface area contributed by atoms with Crippen LogP contribution in [0.2, 0.25) is 0 Å². The van der Waals surface area contributed by atoms with Crippen LogP contribution in [-0.2, 0) is 0 Å². The molecule has 0 aromatic heterocycles. The Balaban J connectivity index is 1.78. The molecule has 0 spiro atoms. The van der Waals surface area contributed by atoms with E-state index in [4.69, 9.17) is 10.5 Å². The second-order valence-corrected chi connectivity index (χ2v) is 5.41. The zero-order valence-corrected chi connectivity index (χ0v) is 10.2. The molecule has 0 aliphatic heterocycles. The van der Waals surface area contributed by atoms with E-state index in [0.29, 0.717) is 17.2 Å². The number of benzene rings is 1. The maximum Gasteiger partial charge on any atom is 0.101 e. The Kier molecular flexibility index (Phi) is 2.68. The van der Waals surface area contributed by atoms with Gasteiger partial charge in [0.2, 0.25) is 0 Å². The number of nitriles is 2. The number of fused-ring (bicyclic) bond motifs is 2. The number of anilines is 1.